The van der Waals surface area contributed by atoms with Crippen LogP contribution in [0.3, 0.4) is 0 Å². The summed E-state index contributed by atoms with van der Waals surface area (Å²) in [5, 5.41) is 8.67. The molecule has 4 nitrogen and oxygen atoms in total. The van der Waals surface area contributed by atoms with Crippen molar-refractivity contribution in [1.82, 2.24) is 0 Å². The van der Waals surface area contributed by atoms with E-state index in [-0.39, 0.29) is 17.9 Å². The summed E-state index contributed by atoms with van der Waals surface area (Å²) >= 11 is 0. The third kappa shape index (κ3) is 4.25. The summed E-state index contributed by atoms with van der Waals surface area (Å²) in [5.41, 5.74) is 3.25. The molecule has 2 atom stereocenters. The van der Waals surface area contributed by atoms with Gasteiger partial charge in [0.1, 0.15) is 5.76 Å². The number of carboxylic acid groups (broad SMARTS) is 1. The highest BCUT2D eigenvalue weighted by molar-refractivity contribution is 5.66. The number of hydrogen-bond acceptors (Lipinski definition) is 3. The molecule has 0 aliphatic heterocycles. The van der Waals surface area contributed by atoms with E-state index in [4.69, 9.17) is 14.6 Å². The third-order valence-corrected chi connectivity index (χ3v) is 5.00. The van der Waals surface area contributed by atoms with Crippen molar-refractivity contribution < 1.29 is 19.4 Å². The van der Waals surface area contributed by atoms with Gasteiger partial charge in [0, 0.05) is 20.0 Å². The van der Waals surface area contributed by atoms with E-state index >= 15 is 0 Å². The first kappa shape index (κ1) is 19.5. The molecule has 23 heavy (non-hydrogen) atoms. The van der Waals surface area contributed by atoms with E-state index in [2.05, 4.69) is 33.8 Å². The topological polar surface area (TPSA) is 55.8 Å². The molecule has 2 unspecified atom stereocenters. The second-order valence-electron chi connectivity index (χ2n) is 6.37. The fourth-order valence-electron chi connectivity index (χ4n) is 3.53. The largest absolute Gasteiger partial charge is 0.497 e. The molecule has 0 spiro atoms. The van der Waals surface area contributed by atoms with Crippen LogP contribution in [0.5, 0.6) is 0 Å². The Labute approximate surface area is 139 Å². The van der Waals surface area contributed by atoms with Gasteiger partial charge < -0.3 is 14.6 Å². The fourth-order valence-corrected chi connectivity index (χ4v) is 3.53. The number of allylic oxidation sites excluding steroid dienone is 3. The Kier molecular flexibility index (Phi) is 7.07. The van der Waals surface area contributed by atoms with Crippen molar-refractivity contribution in [3.8, 4) is 0 Å². The Morgan fingerprint density at radius 1 is 1.30 bits per heavy atom. The number of carbonyl (C=O) groups is 1. The van der Waals surface area contributed by atoms with Gasteiger partial charge in [0.25, 0.3) is 0 Å². The molecule has 0 saturated carbocycles. The summed E-state index contributed by atoms with van der Waals surface area (Å²) in [6, 6.07) is 0. The molecular weight excluding hydrogens is 292 g/mol. The first-order chi connectivity index (χ1) is 10.8. The molecule has 0 amide bonds. The minimum absolute atomic E-state index is 0.178. The van der Waals surface area contributed by atoms with Crippen molar-refractivity contribution >= 4 is 5.97 Å². The van der Waals surface area contributed by atoms with Crippen LogP contribution in [-0.4, -0.2) is 30.9 Å². The summed E-state index contributed by atoms with van der Waals surface area (Å²) in [4.78, 5) is 10.5. The molecule has 1 aliphatic rings. The Balaban J connectivity index is 2.90. The highest BCUT2D eigenvalue weighted by Gasteiger charge is 2.42. The van der Waals surface area contributed by atoms with Gasteiger partial charge in [0.15, 0.2) is 0 Å². The van der Waals surface area contributed by atoms with Gasteiger partial charge in [0.05, 0.1) is 12.7 Å². The number of methoxy groups -OCH3 is 2. The average Bonchev–Trinajstić information content (AvgIpc) is 2.50. The van der Waals surface area contributed by atoms with Crippen LogP contribution < -0.4 is 0 Å². The van der Waals surface area contributed by atoms with Crippen molar-refractivity contribution in [2.45, 2.75) is 59.0 Å². The van der Waals surface area contributed by atoms with Crippen molar-refractivity contribution in [3.63, 3.8) is 0 Å². The monoisotopic (exact) mass is 322 g/mol. The Morgan fingerprint density at radius 3 is 2.48 bits per heavy atom. The van der Waals surface area contributed by atoms with Gasteiger partial charge in [-0.2, -0.15) is 0 Å². The molecular formula is C19H30O4. The Bertz CT molecular complexity index is 527. The first-order valence-electron chi connectivity index (χ1n) is 8.14. The average molecular weight is 322 g/mol. The van der Waals surface area contributed by atoms with E-state index in [9.17, 15) is 4.79 Å². The zero-order valence-electron chi connectivity index (χ0n) is 15.2. The van der Waals surface area contributed by atoms with Crippen molar-refractivity contribution in [1.29, 1.82) is 0 Å². The van der Waals surface area contributed by atoms with Gasteiger partial charge in [-0.1, -0.05) is 19.1 Å². The van der Waals surface area contributed by atoms with Gasteiger partial charge in [-0.3, -0.25) is 4.79 Å². The van der Waals surface area contributed by atoms with Crippen molar-refractivity contribution in [2.75, 3.05) is 14.2 Å². The lowest BCUT2D eigenvalue weighted by Crippen LogP contribution is -2.43. The number of hydrogen-bond donors (Lipinski definition) is 1. The number of rotatable bonds is 8. The quantitative estimate of drug-likeness (QED) is 0.669. The zero-order valence-corrected chi connectivity index (χ0v) is 15.2. The molecule has 0 aromatic rings. The van der Waals surface area contributed by atoms with Crippen molar-refractivity contribution in [3.05, 3.63) is 34.6 Å². The fraction of sp³-hybridized carbons (Fsp3) is 0.632. The highest BCUT2D eigenvalue weighted by Crippen LogP contribution is 2.44. The summed E-state index contributed by atoms with van der Waals surface area (Å²) in [5.74, 6) is 0.502. The molecule has 0 saturated heterocycles. The molecule has 0 bridgehead atoms. The van der Waals surface area contributed by atoms with Crippen LogP contribution in [0.4, 0.5) is 0 Å². The smallest absolute Gasteiger partial charge is 0.303 e. The van der Waals surface area contributed by atoms with Gasteiger partial charge >= 0.3 is 5.97 Å². The van der Waals surface area contributed by atoms with Crippen LogP contribution in [0.1, 0.15) is 53.4 Å². The molecule has 1 aliphatic carbocycles. The molecule has 0 aromatic carbocycles. The summed E-state index contributed by atoms with van der Waals surface area (Å²) in [6.45, 7) is 8.49. The predicted octanol–water partition coefficient (Wildman–Crippen LogP) is 4.48. The molecule has 4 heteroatoms. The van der Waals surface area contributed by atoms with Gasteiger partial charge in [-0.15, -0.1) is 0 Å². The predicted molar refractivity (Wildman–Crippen MR) is 92.2 cm³/mol. The molecule has 0 aromatic heterocycles. The first-order valence-corrected chi connectivity index (χ1v) is 8.14. The highest BCUT2D eigenvalue weighted by atomic mass is 16.5. The van der Waals surface area contributed by atoms with Crippen LogP contribution >= 0.6 is 0 Å². The van der Waals surface area contributed by atoms with Crippen LogP contribution in [0, 0.1) is 5.92 Å². The molecule has 0 radical (unpaired) electrons. The molecule has 1 N–H and O–H groups in total. The summed E-state index contributed by atoms with van der Waals surface area (Å²) in [7, 11) is 3.48. The second-order valence-corrected chi connectivity index (χ2v) is 6.37. The Morgan fingerprint density at radius 2 is 1.96 bits per heavy atom. The van der Waals surface area contributed by atoms with E-state index in [0.717, 1.165) is 24.2 Å². The molecule has 0 fully saturated rings. The lowest BCUT2D eigenvalue weighted by atomic mass is 9.71. The van der Waals surface area contributed by atoms with Gasteiger partial charge in [-0.25, -0.2) is 0 Å². The SMILES string of the molecule is COC1=C(C)CC(OC)(C(C)C/C=C/CCC(=O)O)C(C)=C1C. The van der Waals surface area contributed by atoms with E-state index in [1.165, 1.54) is 11.1 Å². The van der Waals surface area contributed by atoms with Crippen LogP contribution in [0.2, 0.25) is 0 Å². The van der Waals surface area contributed by atoms with E-state index in [1.54, 1.807) is 14.2 Å². The molecule has 0 heterocycles. The van der Waals surface area contributed by atoms with Crippen molar-refractivity contribution in [2.24, 2.45) is 5.92 Å². The van der Waals surface area contributed by atoms with Crippen LogP contribution in [0.25, 0.3) is 0 Å². The summed E-state index contributed by atoms with van der Waals surface area (Å²) < 4.78 is 11.5. The second kappa shape index (κ2) is 8.34. The maximum absolute atomic E-state index is 10.5. The maximum atomic E-state index is 10.5. The minimum atomic E-state index is -0.759. The minimum Gasteiger partial charge on any atom is -0.497 e. The lowest BCUT2D eigenvalue weighted by Gasteiger charge is -2.43. The van der Waals surface area contributed by atoms with Crippen LogP contribution in [-0.2, 0) is 14.3 Å². The summed E-state index contributed by atoms with van der Waals surface area (Å²) in [6.07, 6.45) is 6.45. The van der Waals surface area contributed by atoms with Crippen LogP contribution in [0.15, 0.2) is 34.6 Å². The van der Waals surface area contributed by atoms with Gasteiger partial charge in [0.2, 0.25) is 0 Å². The van der Waals surface area contributed by atoms with E-state index in [1.807, 2.05) is 6.08 Å². The zero-order chi connectivity index (χ0) is 17.6. The lowest BCUT2D eigenvalue weighted by molar-refractivity contribution is -0.136. The Hall–Kier alpha value is -1.55. The normalized spacial score (nSPS) is 23.6. The van der Waals surface area contributed by atoms with E-state index in [0.29, 0.717) is 6.42 Å². The molecule has 130 valence electrons. The van der Waals surface area contributed by atoms with Gasteiger partial charge in [-0.05, 0) is 56.3 Å². The third-order valence-electron chi connectivity index (χ3n) is 5.00. The molecule has 1 rings (SSSR count). The maximum Gasteiger partial charge on any atom is 0.303 e. The number of aliphatic carboxylic acids is 1. The van der Waals surface area contributed by atoms with E-state index < -0.39 is 5.97 Å². The standard InChI is InChI=1S/C19H30O4/c1-13-12-19(23-6,16(4)15(3)18(13)22-5)14(2)10-8-7-9-11-17(20)21/h7-8,14H,9-12H2,1-6H3,(H,20,21)/b8-7+. The number of ether oxygens (including phenoxy) is 2. The number of carboxylic acids is 1.